The third-order valence-electron chi connectivity index (χ3n) is 11.1. The summed E-state index contributed by atoms with van der Waals surface area (Å²) in [7, 11) is 0. The Bertz CT molecular complexity index is 686. The fourth-order valence-electron chi connectivity index (χ4n) is 9.23. The molecule has 1 unspecified atom stereocenters. The summed E-state index contributed by atoms with van der Waals surface area (Å²) >= 11 is 0. The predicted octanol–water partition coefficient (Wildman–Crippen LogP) is 7.42. The summed E-state index contributed by atoms with van der Waals surface area (Å²) in [6.45, 7) is 14.4. The van der Waals surface area contributed by atoms with Crippen LogP contribution in [0, 0.1) is 46.3 Å². The number of allylic oxidation sites excluding steroid dienone is 1. The lowest BCUT2D eigenvalue weighted by atomic mass is 9.47. The van der Waals surface area contributed by atoms with E-state index in [1.54, 1.807) is 5.57 Å². The molecule has 8 atom stereocenters. The van der Waals surface area contributed by atoms with Gasteiger partial charge < -0.3 is 14.6 Å². The van der Waals surface area contributed by atoms with Crippen LogP contribution in [0.15, 0.2) is 11.6 Å². The highest BCUT2D eigenvalue weighted by Crippen LogP contribution is 2.67. The van der Waals surface area contributed by atoms with Crippen LogP contribution in [0.2, 0.25) is 0 Å². The van der Waals surface area contributed by atoms with Crippen molar-refractivity contribution in [3.63, 3.8) is 0 Å². The summed E-state index contributed by atoms with van der Waals surface area (Å²) in [5.74, 6) is 5.42. The van der Waals surface area contributed by atoms with Crippen molar-refractivity contribution in [1.29, 1.82) is 0 Å². The summed E-state index contributed by atoms with van der Waals surface area (Å²) in [5, 5.41) is 8.86. The van der Waals surface area contributed by atoms with Gasteiger partial charge in [0.2, 0.25) is 0 Å². The molecule has 0 aliphatic heterocycles. The van der Waals surface area contributed by atoms with Crippen molar-refractivity contribution in [2.75, 3.05) is 26.4 Å². The number of ether oxygens (including phenoxy) is 2. The molecule has 0 bridgehead atoms. The first-order valence-electron chi connectivity index (χ1n) is 14.8. The molecule has 0 heterocycles. The van der Waals surface area contributed by atoms with Crippen LogP contribution in [-0.4, -0.2) is 37.6 Å². The van der Waals surface area contributed by atoms with Gasteiger partial charge in [0.15, 0.2) is 0 Å². The Labute approximate surface area is 210 Å². The van der Waals surface area contributed by atoms with Gasteiger partial charge in [0.05, 0.1) is 32.5 Å². The molecule has 0 amide bonds. The van der Waals surface area contributed by atoms with E-state index >= 15 is 0 Å². The highest BCUT2D eigenvalue weighted by molar-refractivity contribution is 5.25. The van der Waals surface area contributed by atoms with E-state index in [1.165, 1.54) is 64.2 Å². The molecule has 3 nitrogen and oxygen atoms in total. The number of aliphatic hydroxyl groups is 1. The van der Waals surface area contributed by atoms with Gasteiger partial charge in [-0.25, -0.2) is 0 Å². The molecule has 4 rings (SSSR count). The van der Waals surface area contributed by atoms with Gasteiger partial charge in [0, 0.05) is 0 Å². The van der Waals surface area contributed by atoms with Crippen LogP contribution in [0.1, 0.15) is 105 Å². The molecule has 4 aliphatic carbocycles. The molecule has 0 radical (unpaired) electrons. The van der Waals surface area contributed by atoms with Crippen LogP contribution in [0.25, 0.3) is 0 Å². The molecule has 0 aromatic carbocycles. The van der Waals surface area contributed by atoms with E-state index in [0.29, 0.717) is 36.8 Å². The Morgan fingerprint density at radius 1 is 0.971 bits per heavy atom. The van der Waals surface area contributed by atoms with Crippen molar-refractivity contribution >= 4 is 0 Å². The Morgan fingerprint density at radius 2 is 1.79 bits per heavy atom. The second-order valence-corrected chi connectivity index (χ2v) is 13.4. The van der Waals surface area contributed by atoms with Crippen LogP contribution in [-0.2, 0) is 9.47 Å². The van der Waals surface area contributed by atoms with E-state index in [9.17, 15) is 0 Å². The monoisotopic (exact) mass is 474 g/mol. The second-order valence-electron chi connectivity index (χ2n) is 13.4. The summed E-state index contributed by atoms with van der Waals surface area (Å²) in [4.78, 5) is 0. The highest BCUT2D eigenvalue weighted by Gasteiger charge is 2.59. The van der Waals surface area contributed by atoms with Gasteiger partial charge in [0.1, 0.15) is 0 Å². The minimum atomic E-state index is 0.0923. The van der Waals surface area contributed by atoms with Gasteiger partial charge >= 0.3 is 0 Å². The van der Waals surface area contributed by atoms with Gasteiger partial charge in [-0.15, -0.1) is 0 Å². The van der Waals surface area contributed by atoms with Gasteiger partial charge in [-0.3, -0.25) is 0 Å². The lowest BCUT2D eigenvalue weighted by molar-refractivity contribution is -0.0683. The zero-order valence-corrected chi connectivity index (χ0v) is 23.0. The molecule has 0 spiro atoms. The van der Waals surface area contributed by atoms with E-state index in [-0.39, 0.29) is 6.61 Å². The predicted molar refractivity (Wildman–Crippen MR) is 141 cm³/mol. The number of rotatable bonds is 11. The molecular formula is C31H54O3. The molecule has 0 aromatic heterocycles. The van der Waals surface area contributed by atoms with Crippen LogP contribution < -0.4 is 0 Å². The summed E-state index contributed by atoms with van der Waals surface area (Å²) in [6.07, 6.45) is 18.1. The van der Waals surface area contributed by atoms with Gasteiger partial charge in [-0.05, 0) is 97.7 Å². The van der Waals surface area contributed by atoms with Crippen LogP contribution in [0.5, 0.6) is 0 Å². The average molecular weight is 475 g/mol. The molecule has 4 aliphatic rings. The summed E-state index contributed by atoms with van der Waals surface area (Å²) < 4.78 is 11.6. The highest BCUT2D eigenvalue weighted by atomic mass is 16.5. The van der Waals surface area contributed by atoms with E-state index < -0.39 is 0 Å². The van der Waals surface area contributed by atoms with Crippen molar-refractivity contribution in [2.24, 2.45) is 46.3 Å². The third kappa shape index (κ3) is 5.32. The van der Waals surface area contributed by atoms with Crippen molar-refractivity contribution in [3.8, 4) is 0 Å². The minimum absolute atomic E-state index is 0.0923. The Kier molecular flexibility index (Phi) is 8.90. The maximum Gasteiger partial charge on any atom is 0.0704 e. The first kappa shape index (κ1) is 26.7. The lowest BCUT2D eigenvalue weighted by Gasteiger charge is -2.58. The van der Waals surface area contributed by atoms with E-state index in [0.717, 1.165) is 41.9 Å². The SMILES string of the molecule is CC(C)CCC[C@@H](C)[C@H]1CC[C@H]2[C@@H]3CC=C4CC(OCCOCCO)CC[C@]4(C)[C@H]3CC[C@]12C. The van der Waals surface area contributed by atoms with Gasteiger partial charge in [0.25, 0.3) is 0 Å². The molecule has 0 aromatic rings. The van der Waals surface area contributed by atoms with Crippen molar-refractivity contribution in [2.45, 2.75) is 111 Å². The first-order valence-corrected chi connectivity index (χ1v) is 14.8. The molecular weight excluding hydrogens is 420 g/mol. The van der Waals surface area contributed by atoms with Crippen LogP contribution in [0.3, 0.4) is 0 Å². The van der Waals surface area contributed by atoms with Gasteiger partial charge in [-0.2, -0.15) is 0 Å². The largest absolute Gasteiger partial charge is 0.394 e. The van der Waals surface area contributed by atoms with Crippen molar-refractivity contribution in [1.82, 2.24) is 0 Å². The average Bonchev–Trinajstić information content (AvgIpc) is 3.16. The smallest absolute Gasteiger partial charge is 0.0704 e. The second kappa shape index (κ2) is 11.3. The molecule has 34 heavy (non-hydrogen) atoms. The number of hydrogen-bond acceptors (Lipinski definition) is 3. The van der Waals surface area contributed by atoms with Crippen LogP contribution >= 0.6 is 0 Å². The molecule has 3 fully saturated rings. The maximum absolute atomic E-state index is 8.86. The Morgan fingerprint density at radius 3 is 2.56 bits per heavy atom. The zero-order valence-electron chi connectivity index (χ0n) is 23.0. The zero-order chi connectivity index (χ0) is 24.3. The molecule has 1 N–H and O–H groups in total. The number of fused-ring (bicyclic) bond motifs is 5. The third-order valence-corrected chi connectivity index (χ3v) is 11.1. The number of hydrogen-bond donors (Lipinski definition) is 1. The standard InChI is InChI=1S/C31H54O3/c1-22(2)7-6-8-23(3)27-11-12-28-26-10-9-24-21-25(34-20-19-33-18-17-32)13-15-30(24,4)29(26)14-16-31(27,28)5/h9,22-23,25-29,32H,6-8,10-21H2,1-5H3/t23-,25?,26+,27-,28+,29+,30+,31-/m1/s1. The van der Waals surface area contributed by atoms with Crippen molar-refractivity contribution in [3.05, 3.63) is 11.6 Å². The van der Waals surface area contributed by atoms with E-state index in [1.807, 2.05) is 0 Å². The molecule has 196 valence electrons. The Hall–Kier alpha value is -0.380. The normalized spacial score (nSPS) is 40.4. The van der Waals surface area contributed by atoms with Crippen molar-refractivity contribution < 1.29 is 14.6 Å². The topological polar surface area (TPSA) is 38.7 Å². The molecule has 3 heteroatoms. The molecule has 3 saturated carbocycles. The van der Waals surface area contributed by atoms with E-state index in [2.05, 4.69) is 40.7 Å². The quantitative estimate of drug-likeness (QED) is 0.250. The first-order chi connectivity index (χ1) is 16.3. The summed E-state index contributed by atoms with van der Waals surface area (Å²) in [6, 6.07) is 0. The van der Waals surface area contributed by atoms with E-state index in [4.69, 9.17) is 14.6 Å². The lowest BCUT2D eigenvalue weighted by Crippen LogP contribution is -2.51. The van der Waals surface area contributed by atoms with Crippen LogP contribution in [0.4, 0.5) is 0 Å². The minimum Gasteiger partial charge on any atom is -0.394 e. The number of aliphatic hydroxyl groups excluding tert-OH is 1. The van der Waals surface area contributed by atoms with Gasteiger partial charge in [-0.1, -0.05) is 65.5 Å². The molecule has 0 saturated heterocycles. The fraction of sp³-hybridized carbons (Fsp3) is 0.935. The summed E-state index contributed by atoms with van der Waals surface area (Å²) in [5.41, 5.74) is 2.69. The maximum atomic E-state index is 8.86. The fourth-order valence-corrected chi connectivity index (χ4v) is 9.23. The Balaban J connectivity index is 1.37.